The smallest absolute Gasteiger partial charge is 0.234 e. The van der Waals surface area contributed by atoms with Gasteiger partial charge in [-0.1, -0.05) is 0 Å². The first-order valence-corrected chi connectivity index (χ1v) is 5.50. The van der Waals surface area contributed by atoms with E-state index < -0.39 is 0 Å². The number of nitrogens with zero attached hydrogens (tertiary/aromatic N) is 1. The number of methoxy groups -OCH3 is 1. The minimum absolute atomic E-state index is 0.00613. The van der Waals surface area contributed by atoms with Gasteiger partial charge in [0.05, 0.1) is 13.7 Å². The van der Waals surface area contributed by atoms with Crippen molar-refractivity contribution in [2.45, 2.75) is 6.54 Å². The van der Waals surface area contributed by atoms with E-state index in [2.05, 4.69) is 5.32 Å². The average molecular weight is 238 g/mol. The van der Waals surface area contributed by atoms with E-state index in [1.807, 2.05) is 4.90 Å². The van der Waals surface area contributed by atoms with Gasteiger partial charge in [-0.25, -0.2) is 4.39 Å². The maximum Gasteiger partial charge on any atom is 0.234 e. The molecule has 1 saturated heterocycles. The molecule has 92 valence electrons. The summed E-state index contributed by atoms with van der Waals surface area (Å²) in [7, 11) is 1.56. The Kier molecular flexibility index (Phi) is 3.58. The first-order chi connectivity index (χ1) is 8.19. The number of nitrogens with one attached hydrogen (secondary N) is 1. The Morgan fingerprint density at radius 2 is 2.35 bits per heavy atom. The highest BCUT2D eigenvalue weighted by Gasteiger charge is 2.17. The van der Waals surface area contributed by atoms with Crippen molar-refractivity contribution in [2.24, 2.45) is 0 Å². The quantitative estimate of drug-likeness (QED) is 0.845. The van der Waals surface area contributed by atoms with Crippen LogP contribution in [0.25, 0.3) is 0 Å². The lowest BCUT2D eigenvalue weighted by atomic mass is 10.1. The topological polar surface area (TPSA) is 41.6 Å². The van der Waals surface area contributed by atoms with Gasteiger partial charge in [0.25, 0.3) is 0 Å². The van der Waals surface area contributed by atoms with Gasteiger partial charge >= 0.3 is 0 Å². The lowest BCUT2D eigenvalue weighted by Crippen LogP contribution is -2.47. The summed E-state index contributed by atoms with van der Waals surface area (Å²) in [6.07, 6.45) is 0. The molecule has 1 N–H and O–H groups in total. The fourth-order valence-corrected chi connectivity index (χ4v) is 1.94. The Balaban J connectivity index is 2.11. The second-order valence-electron chi connectivity index (χ2n) is 4.02. The molecule has 1 heterocycles. The van der Waals surface area contributed by atoms with Crippen LogP contribution in [0, 0.1) is 5.82 Å². The number of carbonyl (C=O) groups is 1. The molecular formula is C12H15FN2O2. The van der Waals surface area contributed by atoms with Gasteiger partial charge in [-0.05, 0) is 18.2 Å². The molecule has 1 fully saturated rings. The van der Waals surface area contributed by atoms with Crippen molar-refractivity contribution < 1.29 is 13.9 Å². The van der Waals surface area contributed by atoms with Crippen molar-refractivity contribution in [1.29, 1.82) is 0 Å². The van der Waals surface area contributed by atoms with Crippen LogP contribution in [0.3, 0.4) is 0 Å². The van der Waals surface area contributed by atoms with E-state index in [0.29, 0.717) is 25.4 Å². The molecule has 1 aromatic rings. The highest BCUT2D eigenvalue weighted by atomic mass is 19.1. The normalized spacial score (nSPS) is 16.7. The molecule has 1 aliphatic rings. The van der Waals surface area contributed by atoms with Crippen LogP contribution in [0.1, 0.15) is 5.56 Å². The van der Waals surface area contributed by atoms with Crippen LogP contribution in [0.2, 0.25) is 0 Å². The van der Waals surface area contributed by atoms with Crippen LogP contribution in [0.5, 0.6) is 5.75 Å². The minimum atomic E-state index is -0.290. The summed E-state index contributed by atoms with van der Waals surface area (Å²) in [6.45, 7) is 2.27. The first-order valence-electron chi connectivity index (χ1n) is 5.50. The molecule has 0 bridgehead atoms. The molecule has 0 unspecified atom stereocenters. The lowest BCUT2D eigenvalue weighted by molar-refractivity contribution is -0.124. The molecule has 0 spiro atoms. The van der Waals surface area contributed by atoms with Crippen LogP contribution in [-0.4, -0.2) is 37.6 Å². The largest absolute Gasteiger partial charge is 0.496 e. The van der Waals surface area contributed by atoms with Crippen LogP contribution in [0.4, 0.5) is 4.39 Å². The maximum atomic E-state index is 13.2. The molecule has 1 amide bonds. The SMILES string of the molecule is COc1ccc(F)cc1CN1CCNC(=O)C1. The van der Waals surface area contributed by atoms with E-state index in [4.69, 9.17) is 4.74 Å². The summed E-state index contributed by atoms with van der Waals surface area (Å²) in [5.41, 5.74) is 0.766. The Labute approximate surface area is 99.4 Å². The van der Waals surface area contributed by atoms with Crippen LogP contribution >= 0.6 is 0 Å². The second-order valence-corrected chi connectivity index (χ2v) is 4.02. The molecule has 0 radical (unpaired) electrons. The van der Waals surface area contributed by atoms with Gasteiger partial charge in [0, 0.05) is 25.2 Å². The molecule has 5 heteroatoms. The monoisotopic (exact) mass is 238 g/mol. The second kappa shape index (κ2) is 5.14. The zero-order valence-electron chi connectivity index (χ0n) is 9.70. The third-order valence-electron chi connectivity index (χ3n) is 2.75. The third kappa shape index (κ3) is 2.94. The third-order valence-corrected chi connectivity index (χ3v) is 2.75. The van der Waals surface area contributed by atoms with Crippen molar-refractivity contribution >= 4 is 5.91 Å². The summed E-state index contributed by atoms with van der Waals surface area (Å²) < 4.78 is 18.3. The molecule has 0 aliphatic carbocycles. The van der Waals surface area contributed by atoms with Gasteiger partial charge in [0.1, 0.15) is 11.6 Å². The molecule has 1 aromatic carbocycles. The lowest BCUT2D eigenvalue weighted by Gasteiger charge is -2.26. The summed E-state index contributed by atoms with van der Waals surface area (Å²) in [6, 6.07) is 4.42. The van der Waals surface area contributed by atoms with E-state index in [0.717, 1.165) is 12.1 Å². The predicted octanol–water partition coefficient (Wildman–Crippen LogP) is 0.766. The van der Waals surface area contributed by atoms with E-state index in [1.165, 1.54) is 12.1 Å². The fraction of sp³-hybridized carbons (Fsp3) is 0.417. The number of hydrogen-bond donors (Lipinski definition) is 1. The Morgan fingerprint density at radius 1 is 1.53 bits per heavy atom. The minimum Gasteiger partial charge on any atom is -0.496 e. The van der Waals surface area contributed by atoms with Crippen LogP contribution in [-0.2, 0) is 11.3 Å². The van der Waals surface area contributed by atoms with Crippen molar-refractivity contribution in [3.63, 3.8) is 0 Å². The molecule has 0 atom stereocenters. The standard InChI is InChI=1S/C12H15FN2O2/c1-17-11-3-2-10(13)6-9(11)7-15-5-4-14-12(16)8-15/h2-3,6H,4-5,7-8H2,1H3,(H,14,16). The number of amides is 1. The van der Waals surface area contributed by atoms with Gasteiger partial charge in [0.15, 0.2) is 0 Å². The highest BCUT2D eigenvalue weighted by molar-refractivity contribution is 5.78. The zero-order chi connectivity index (χ0) is 12.3. The Hall–Kier alpha value is -1.62. The Bertz CT molecular complexity index is 423. The number of piperazine rings is 1. The highest BCUT2D eigenvalue weighted by Crippen LogP contribution is 2.21. The van der Waals surface area contributed by atoms with Crippen molar-refractivity contribution in [3.8, 4) is 5.75 Å². The summed E-state index contributed by atoms with van der Waals surface area (Å²) in [5.74, 6) is 0.367. The summed E-state index contributed by atoms with van der Waals surface area (Å²) >= 11 is 0. The van der Waals surface area contributed by atoms with E-state index in [-0.39, 0.29) is 11.7 Å². The summed E-state index contributed by atoms with van der Waals surface area (Å²) in [5, 5.41) is 2.75. The van der Waals surface area contributed by atoms with E-state index in [9.17, 15) is 9.18 Å². The number of ether oxygens (including phenoxy) is 1. The number of carbonyl (C=O) groups excluding carboxylic acids is 1. The molecule has 17 heavy (non-hydrogen) atoms. The number of halogens is 1. The Morgan fingerprint density at radius 3 is 3.06 bits per heavy atom. The molecule has 0 saturated carbocycles. The van der Waals surface area contributed by atoms with Crippen molar-refractivity contribution in [3.05, 3.63) is 29.6 Å². The zero-order valence-corrected chi connectivity index (χ0v) is 9.70. The van der Waals surface area contributed by atoms with Crippen molar-refractivity contribution in [1.82, 2.24) is 10.2 Å². The van der Waals surface area contributed by atoms with Gasteiger partial charge in [-0.2, -0.15) is 0 Å². The molecule has 4 nitrogen and oxygen atoms in total. The molecular weight excluding hydrogens is 223 g/mol. The van der Waals surface area contributed by atoms with Crippen LogP contribution < -0.4 is 10.1 Å². The van der Waals surface area contributed by atoms with Gasteiger partial charge in [-0.3, -0.25) is 9.69 Å². The van der Waals surface area contributed by atoms with E-state index in [1.54, 1.807) is 13.2 Å². The molecule has 0 aromatic heterocycles. The number of hydrogen-bond acceptors (Lipinski definition) is 3. The average Bonchev–Trinajstić information content (AvgIpc) is 2.29. The molecule has 1 aliphatic heterocycles. The maximum absolute atomic E-state index is 13.2. The van der Waals surface area contributed by atoms with Crippen molar-refractivity contribution in [2.75, 3.05) is 26.7 Å². The van der Waals surface area contributed by atoms with Gasteiger partial charge in [0.2, 0.25) is 5.91 Å². The number of rotatable bonds is 3. The summed E-state index contributed by atoms with van der Waals surface area (Å²) in [4.78, 5) is 13.2. The van der Waals surface area contributed by atoms with Gasteiger partial charge < -0.3 is 10.1 Å². The number of benzene rings is 1. The molecule has 2 rings (SSSR count). The first kappa shape index (κ1) is 11.9. The fourth-order valence-electron chi connectivity index (χ4n) is 1.94. The van der Waals surface area contributed by atoms with Gasteiger partial charge in [-0.15, -0.1) is 0 Å². The van der Waals surface area contributed by atoms with Crippen LogP contribution in [0.15, 0.2) is 18.2 Å². The predicted molar refractivity (Wildman–Crippen MR) is 61.2 cm³/mol. The van der Waals surface area contributed by atoms with E-state index >= 15 is 0 Å².